The van der Waals surface area contributed by atoms with Crippen LogP contribution in [0.4, 0.5) is 16.6 Å². The van der Waals surface area contributed by atoms with E-state index in [9.17, 15) is 4.79 Å². The maximum Gasteiger partial charge on any atom is 0.426 e. The van der Waals surface area contributed by atoms with E-state index in [4.69, 9.17) is 25.5 Å². The molecule has 0 aromatic carbocycles. The summed E-state index contributed by atoms with van der Waals surface area (Å²) in [6.07, 6.45) is 18.1. The van der Waals surface area contributed by atoms with E-state index in [0.717, 1.165) is 68.3 Å². The van der Waals surface area contributed by atoms with Crippen molar-refractivity contribution in [3.8, 4) is 0 Å². The summed E-state index contributed by atoms with van der Waals surface area (Å²) in [5.41, 5.74) is 7.88. The number of hydroxylamine groups is 2. The van der Waals surface area contributed by atoms with Crippen molar-refractivity contribution in [1.29, 1.82) is 0 Å². The molecule has 1 amide bonds. The number of rotatable bonds is 7. The molecule has 0 bridgehead atoms. The van der Waals surface area contributed by atoms with Gasteiger partial charge in [-0.1, -0.05) is 32.1 Å². The van der Waals surface area contributed by atoms with Crippen molar-refractivity contribution in [2.45, 2.75) is 127 Å². The quantitative estimate of drug-likeness (QED) is 0.402. The monoisotopic (exact) mass is 539 g/mol. The summed E-state index contributed by atoms with van der Waals surface area (Å²) in [4.78, 5) is 32.7. The lowest BCUT2D eigenvalue weighted by atomic mass is 9.92. The van der Waals surface area contributed by atoms with Crippen molar-refractivity contribution in [1.82, 2.24) is 29.9 Å². The molecule has 1 aliphatic heterocycles. The molecule has 11 heteroatoms. The van der Waals surface area contributed by atoms with Crippen LogP contribution in [0.2, 0.25) is 0 Å². The maximum atomic E-state index is 12.4. The SMILES string of the molecule is NC1CCC(Nc2nc(NC3CCN(OC(=O)NC4CCCCC4)CC3)c3ncn(C4CCCC4)c3n2)CC1. The second kappa shape index (κ2) is 12.2. The fraction of sp³-hybridized carbons (Fsp3) is 0.786. The summed E-state index contributed by atoms with van der Waals surface area (Å²) in [5.74, 6) is 1.46. The molecule has 0 unspecified atom stereocenters. The highest BCUT2D eigenvalue weighted by Crippen LogP contribution is 2.34. The van der Waals surface area contributed by atoms with Crippen molar-refractivity contribution in [2.75, 3.05) is 23.7 Å². The van der Waals surface area contributed by atoms with Crippen LogP contribution in [0, 0.1) is 0 Å². The first-order valence-corrected chi connectivity index (χ1v) is 15.4. The smallest absolute Gasteiger partial charge is 0.365 e. The van der Waals surface area contributed by atoms with Crippen LogP contribution in [-0.2, 0) is 4.84 Å². The average molecular weight is 540 g/mol. The standard InChI is InChI=1S/C28H45N9O2/c29-19-10-12-21(13-11-19)32-27-34-25(24-26(35-27)37(18-30-24)23-8-4-5-9-23)31-22-14-16-36(17-15-22)39-28(38)33-20-6-2-1-3-7-20/h18-23H,1-17,29H2,(H,33,38)(H2,31,32,34,35). The van der Waals surface area contributed by atoms with Crippen molar-refractivity contribution >= 4 is 29.0 Å². The van der Waals surface area contributed by atoms with E-state index in [0.29, 0.717) is 37.2 Å². The number of nitrogens with one attached hydrogen (secondary N) is 3. The van der Waals surface area contributed by atoms with E-state index in [1.165, 1.54) is 44.9 Å². The molecule has 0 spiro atoms. The van der Waals surface area contributed by atoms with Crippen molar-refractivity contribution in [3.63, 3.8) is 0 Å². The highest BCUT2D eigenvalue weighted by molar-refractivity contribution is 5.84. The Bertz CT molecular complexity index is 1100. The van der Waals surface area contributed by atoms with E-state index in [2.05, 4.69) is 20.5 Å². The van der Waals surface area contributed by atoms with Crippen molar-refractivity contribution in [2.24, 2.45) is 5.73 Å². The van der Waals surface area contributed by atoms with Crippen LogP contribution in [0.1, 0.15) is 102 Å². The topological polar surface area (TPSA) is 135 Å². The number of hydrogen-bond donors (Lipinski definition) is 4. The van der Waals surface area contributed by atoms with E-state index >= 15 is 0 Å². The number of piperidine rings is 1. The molecule has 4 aliphatic rings. The van der Waals surface area contributed by atoms with Crippen LogP contribution in [0.3, 0.4) is 0 Å². The third kappa shape index (κ3) is 6.57. The Balaban J connectivity index is 1.11. The highest BCUT2D eigenvalue weighted by Gasteiger charge is 2.27. The third-order valence-electron chi connectivity index (χ3n) is 9.18. The van der Waals surface area contributed by atoms with Gasteiger partial charge in [-0.05, 0) is 64.2 Å². The first kappa shape index (κ1) is 26.6. The fourth-order valence-corrected chi connectivity index (χ4v) is 6.82. The van der Waals surface area contributed by atoms with Crippen LogP contribution in [-0.4, -0.2) is 67.9 Å². The zero-order chi connectivity index (χ0) is 26.6. The van der Waals surface area contributed by atoms with Gasteiger partial charge >= 0.3 is 6.09 Å². The van der Waals surface area contributed by atoms with Gasteiger partial charge in [-0.3, -0.25) is 0 Å². The number of nitrogens with two attached hydrogens (primary N) is 1. The van der Waals surface area contributed by atoms with Crippen molar-refractivity contribution in [3.05, 3.63) is 6.33 Å². The van der Waals surface area contributed by atoms with Gasteiger partial charge in [0.05, 0.1) is 6.33 Å². The first-order valence-electron chi connectivity index (χ1n) is 15.4. The lowest BCUT2D eigenvalue weighted by Crippen LogP contribution is -2.44. The highest BCUT2D eigenvalue weighted by atomic mass is 16.7. The van der Waals surface area contributed by atoms with Crippen LogP contribution < -0.4 is 21.7 Å². The Morgan fingerprint density at radius 3 is 2.26 bits per heavy atom. The van der Waals surface area contributed by atoms with Crippen LogP contribution in [0.5, 0.6) is 0 Å². The number of anilines is 2. The van der Waals surface area contributed by atoms with E-state index in [-0.39, 0.29) is 18.2 Å². The minimum Gasteiger partial charge on any atom is -0.365 e. The molecular formula is C28H45N9O2. The van der Waals surface area contributed by atoms with Gasteiger partial charge in [-0.15, -0.1) is 5.06 Å². The summed E-state index contributed by atoms with van der Waals surface area (Å²) in [7, 11) is 0. The van der Waals surface area contributed by atoms with E-state index in [1.54, 1.807) is 5.06 Å². The molecule has 6 rings (SSSR count). The first-order chi connectivity index (χ1) is 19.1. The number of nitrogens with zero attached hydrogens (tertiary/aromatic N) is 5. The normalized spacial score (nSPS) is 26.1. The lowest BCUT2D eigenvalue weighted by Gasteiger charge is -2.32. The molecule has 11 nitrogen and oxygen atoms in total. The maximum absolute atomic E-state index is 12.4. The summed E-state index contributed by atoms with van der Waals surface area (Å²) in [5, 5.41) is 12.1. The van der Waals surface area contributed by atoms with Crippen molar-refractivity contribution < 1.29 is 9.63 Å². The van der Waals surface area contributed by atoms with Crippen LogP contribution in [0.15, 0.2) is 6.33 Å². The van der Waals surface area contributed by atoms with Gasteiger partial charge in [0.2, 0.25) is 5.95 Å². The zero-order valence-electron chi connectivity index (χ0n) is 23.1. The number of aromatic nitrogens is 4. The number of fused-ring (bicyclic) bond motifs is 1. The largest absolute Gasteiger partial charge is 0.426 e. The molecular weight excluding hydrogens is 494 g/mol. The minimum atomic E-state index is -0.317. The van der Waals surface area contributed by atoms with Gasteiger partial charge in [0.1, 0.15) is 0 Å². The molecule has 2 aromatic rings. The minimum absolute atomic E-state index is 0.224. The lowest BCUT2D eigenvalue weighted by molar-refractivity contribution is -0.113. The number of carbonyl (C=O) groups is 1. The molecule has 3 heterocycles. The molecule has 1 saturated heterocycles. The Morgan fingerprint density at radius 2 is 1.51 bits per heavy atom. The van der Waals surface area contributed by atoms with Gasteiger partial charge in [0.15, 0.2) is 17.0 Å². The Hall–Kier alpha value is -2.66. The molecule has 5 N–H and O–H groups in total. The predicted octanol–water partition coefficient (Wildman–Crippen LogP) is 4.47. The molecule has 2 aromatic heterocycles. The van der Waals surface area contributed by atoms with Gasteiger partial charge in [0, 0.05) is 43.3 Å². The molecule has 214 valence electrons. The van der Waals surface area contributed by atoms with E-state index in [1.807, 2.05) is 6.33 Å². The number of imidazole rings is 1. The van der Waals surface area contributed by atoms with Gasteiger partial charge in [-0.2, -0.15) is 9.97 Å². The number of hydrogen-bond acceptors (Lipinski definition) is 9. The van der Waals surface area contributed by atoms with Gasteiger partial charge < -0.3 is 31.1 Å². The summed E-state index contributed by atoms with van der Waals surface area (Å²) < 4.78 is 2.26. The van der Waals surface area contributed by atoms with E-state index < -0.39 is 0 Å². The van der Waals surface area contributed by atoms with Gasteiger partial charge in [0.25, 0.3) is 0 Å². The fourth-order valence-electron chi connectivity index (χ4n) is 6.82. The third-order valence-corrected chi connectivity index (χ3v) is 9.18. The summed E-state index contributed by atoms with van der Waals surface area (Å²) in [6.45, 7) is 1.38. The Morgan fingerprint density at radius 1 is 0.821 bits per heavy atom. The second-order valence-corrected chi connectivity index (χ2v) is 12.1. The summed E-state index contributed by atoms with van der Waals surface area (Å²) in [6, 6.07) is 1.58. The number of amides is 1. The molecule has 3 saturated carbocycles. The second-order valence-electron chi connectivity index (χ2n) is 12.1. The Labute approximate surface area is 231 Å². The summed E-state index contributed by atoms with van der Waals surface area (Å²) >= 11 is 0. The molecule has 39 heavy (non-hydrogen) atoms. The molecule has 4 fully saturated rings. The van der Waals surface area contributed by atoms with Gasteiger partial charge in [-0.25, -0.2) is 9.78 Å². The zero-order valence-corrected chi connectivity index (χ0v) is 23.1. The van der Waals surface area contributed by atoms with Crippen LogP contribution >= 0.6 is 0 Å². The molecule has 0 radical (unpaired) electrons. The number of carbonyl (C=O) groups excluding carboxylic acids is 1. The van der Waals surface area contributed by atoms with Crippen LogP contribution in [0.25, 0.3) is 11.2 Å². The average Bonchev–Trinajstić information content (AvgIpc) is 3.62. The Kier molecular flexibility index (Phi) is 8.34. The predicted molar refractivity (Wildman–Crippen MR) is 151 cm³/mol. The molecule has 0 atom stereocenters. The molecule has 3 aliphatic carbocycles.